The fraction of sp³-hybridized carbons (Fsp3) is 0.632. The van der Waals surface area contributed by atoms with Crippen LogP contribution in [0.25, 0.3) is 0 Å². The quantitative estimate of drug-likeness (QED) is 0.359. The molecule has 1 saturated heterocycles. The zero-order chi connectivity index (χ0) is 19.6. The molecule has 1 unspecified atom stereocenters. The zero-order valence-corrected chi connectivity index (χ0v) is 16.3. The summed E-state index contributed by atoms with van der Waals surface area (Å²) in [5.74, 6) is 1.07. The number of carbonyl (C=O) groups is 2. The van der Waals surface area contributed by atoms with Gasteiger partial charge < -0.3 is 25.7 Å². The van der Waals surface area contributed by atoms with E-state index in [1.807, 2.05) is 13.8 Å². The Hall–Kier alpha value is -2.51. The Balaban J connectivity index is 1.80. The van der Waals surface area contributed by atoms with Crippen LogP contribution < -0.4 is 16.4 Å². The second kappa shape index (κ2) is 10.6. The maximum atomic E-state index is 12.0. The van der Waals surface area contributed by atoms with Crippen molar-refractivity contribution in [3.05, 3.63) is 23.7 Å². The van der Waals surface area contributed by atoms with Gasteiger partial charge in [-0.05, 0) is 45.1 Å². The van der Waals surface area contributed by atoms with E-state index in [4.69, 9.17) is 10.2 Å². The summed E-state index contributed by atoms with van der Waals surface area (Å²) in [6.07, 6.45) is 4.73. The Kier molecular flexibility index (Phi) is 8.16. The highest BCUT2D eigenvalue weighted by molar-refractivity contribution is 5.92. The Morgan fingerprint density at radius 1 is 1.41 bits per heavy atom. The molecule has 8 heteroatoms. The summed E-state index contributed by atoms with van der Waals surface area (Å²) >= 11 is 0. The van der Waals surface area contributed by atoms with E-state index in [0.717, 1.165) is 50.4 Å². The molecule has 1 aliphatic heterocycles. The molecule has 8 nitrogen and oxygen atoms in total. The molecule has 1 atom stereocenters. The molecule has 4 N–H and O–H groups in total. The standard InChI is InChI=1S/C19H31N5O3/c1-3-21-19(24-10-4-6-15(13-24)12-16(20)25)23-9-5-8-22-18(26)17-14(2)7-11-27-17/h7,11,15H,3-6,8-10,12-13H2,1-2H3,(H2,20,25)(H,21,23)(H,22,26). The van der Waals surface area contributed by atoms with Gasteiger partial charge in [0.05, 0.1) is 6.26 Å². The normalized spacial score (nSPS) is 17.6. The summed E-state index contributed by atoms with van der Waals surface area (Å²) in [4.78, 5) is 30.1. The first-order valence-electron chi connectivity index (χ1n) is 9.65. The first-order valence-corrected chi connectivity index (χ1v) is 9.65. The molecule has 1 aromatic rings. The SMILES string of the molecule is CCNC(=NCCCNC(=O)c1occc1C)N1CCCC(CC(N)=O)C1. The molecule has 0 aromatic carbocycles. The highest BCUT2D eigenvalue weighted by atomic mass is 16.3. The number of nitrogens with one attached hydrogen (secondary N) is 2. The van der Waals surface area contributed by atoms with E-state index in [1.54, 1.807) is 6.07 Å². The maximum Gasteiger partial charge on any atom is 0.287 e. The van der Waals surface area contributed by atoms with Crippen molar-refractivity contribution in [2.24, 2.45) is 16.6 Å². The smallest absolute Gasteiger partial charge is 0.287 e. The van der Waals surface area contributed by atoms with Crippen LogP contribution in [0.3, 0.4) is 0 Å². The van der Waals surface area contributed by atoms with Gasteiger partial charge in [-0.2, -0.15) is 0 Å². The lowest BCUT2D eigenvalue weighted by Gasteiger charge is -2.34. The van der Waals surface area contributed by atoms with Gasteiger partial charge >= 0.3 is 0 Å². The summed E-state index contributed by atoms with van der Waals surface area (Å²) in [7, 11) is 0. The molecular weight excluding hydrogens is 346 g/mol. The average Bonchev–Trinajstić information content (AvgIpc) is 3.06. The molecule has 0 radical (unpaired) electrons. The molecule has 2 heterocycles. The fourth-order valence-electron chi connectivity index (χ4n) is 3.29. The number of nitrogens with zero attached hydrogens (tertiary/aromatic N) is 2. The number of aryl methyl sites for hydroxylation is 1. The van der Waals surface area contributed by atoms with E-state index in [2.05, 4.69) is 20.5 Å². The number of guanidine groups is 1. The molecule has 0 aliphatic carbocycles. The predicted octanol–water partition coefficient (Wildman–Crippen LogP) is 1.26. The first kappa shape index (κ1) is 20.8. The van der Waals surface area contributed by atoms with E-state index < -0.39 is 0 Å². The fourth-order valence-corrected chi connectivity index (χ4v) is 3.29. The van der Waals surface area contributed by atoms with Gasteiger partial charge in [0.15, 0.2) is 11.7 Å². The second-order valence-corrected chi connectivity index (χ2v) is 6.90. The van der Waals surface area contributed by atoms with E-state index in [-0.39, 0.29) is 17.7 Å². The Labute approximate surface area is 160 Å². The highest BCUT2D eigenvalue weighted by Crippen LogP contribution is 2.19. The molecule has 2 amide bonds. The van der Waals surface area contributed by atoms with Gasteiger partial charge in [0.25, 0.3) is 5.91 Å². The number of rotatable bonds is 8. The Morgan fingerprint density at radius 2 is 2.22 bits per heavy atom. The maximum absolute atomic E-state index is 12.0. The van der Waals surface area contributed by atoms with E-state index in [0.29, 0.717) is 25.3 Å². The first-order chi connectivity index (χ1) is 13.0. The topological polar surface area (TPSA) is 113 Å². The van der Waals surface area contributed by atoms with Crippen LogP contribution >= 0.6 is 0 Å². The van der Waals surface area contributed by atoms with Crippen LogP contribution in [0, 0.1) is 12.8 Å². The van der Waals surface area contributed by atoms with Crippen molar-refractivity contribution >= 4 is 17.8 Å². The molecule has 0 saturated carbocycles. The third-order valence-electron chi connectivity index (χ3n) is 4.59. The minimum absolute atomic E-state index is 0.196. The van der Waals surface area contributed by atoms with Crippen LogP contribution in [-0.2, 0) is 4.79 Å². The van der Waals surface area contributed by atoms with Gasteiger partial charge in [-0.15, -0.1) is 0 Å². The van der Waals surface area contributed by atoms with Crippen molar-refractivity contribution in [3.8, 4) is 0 Å². The Morgan fingerprint density at radius 3 is 2.89 bits per heavy atom. The zero-order valence-electron chi connectivity index (χ0n) is 16.3. The number of carbonyl (C=O) groups excluding carboxylic acids is 2. The van der Waals surface area contributed by atoms with Gasteiger partial charge in [0, 0.05) is 44.7 Å². The number of primary amides is 1. The molecule has 150 valence electrons. The minimum atomic E-state index is -0.244. The van der Waals surface area contributed by atoms with Gasteiger partial charge in [0.2, 0.25) is 5.91 Å². The summed E-state index contributed by atoms with van der Waals surface area (Å²) in [6, 6.07) is 1.77. The van der Waals surface area contributed by atoms with Crippen molar-refractivity contribution in [2.75, 3.05) is 32.7 Å². The van der Waals surface area contributed by atoms with E-state index in [9.17, 15) is 9.59 Å². The van der Waals surface area contributed by atoms with E-state index >= 15 is 0 Å². The number of likely N-dealkylation sites (tertiary alicyclic amines) is 1. The van der Waals surface area contributed by atoms with Crippen LogP contribution in [0.2, 0.25) is 0 Å². The van der Waals surface area contributed by atoms with Gasteiger partial charge in [-0.1, -0.05) is 0 Å². The summed E-state index contributed by atoms with van der Waals surface area (Å²) in [5.41, 5.74) is 6.17. The van der Waals surface area contributed by atoms with Crippen molar-refractivity contribution in [1.29, 1.82) is 0 Å². The third kappa shape index (κ3) is 6.62. The lowest BCUT2D eigenvalue weighted by atomic mass is 9.95. The number of aliphatic imine (C=N–C) groups is 1. The summed E-state index contributed by atoms with van der Waals surface area (Å²) in [6.45, 7) is 7.52. The monoisotopic (exact) mass is 377 g/mol. The number of furan rings is 1. The molecule has 1 fully saturated rings. The summed E-state index contributed by atoms with van der Waals surface area (Å²) in [5, 5.41) is 6.17. The molecule has 27 heavy (non-hydrogen) atoms. The molecule has 1 aromatic heterocycles. The number of piperidine rings is 1. The molecule has 2 rings (SSSR count). The molecule has 1 aliphatic rings. The lowest BCUT2D eigenvalue weighted by Crippen LogP contribution is -2.47. The number of nitrogens with two attached hydrogens (primary N) is 1. The van der Waals surface area contributed by atoms with Crippen LogP contribution in [0.5, 0.6) is 0 Å². The van der Waals surface area contributed by atoms with Crippen molar-refractivity contribution in [3.63, 3.8) is 0 Å². The average molecular weight is 377 g/mol. The Bertz CT molecular complexity index is 656. The van der Waals surface area contributed by atoms with Crippen LogP contribution in [-0.4, -0.2) is 55.4 Å². The van der Waals surface area contributed by atoms with Crippen LogP contribution in [0.1, 0.15) is 48.7 Å². The molecule has 0 spiro atoms. The van der Waals surface area contributed by atoms with Crippen molar-refractivity contribution in [1.82, 2.24) is 15.5 Å². The number of hydrogen-bond acceptors (Lipinski definition) is 4. The largest absolute Gasteiger partial charge is 0.459 e. The molecule has 0 bridgehead atoms. The minimum Gasteiger partial charge on any atom is -0.459 e. The van der Waals surface area contributed by atoms with Crippen LogP contribution in [0.4, 0.5) is 0 Å². The second-order valence-electron chi connectivity index (χ2n) is 6.90. The highest BCUT2D eigenvalue weighted by Gasteiger charge is 2.23. The number of hydrogen-bond donors (Lipinski definition) is 3. The predicted molar refractivity (Wildman–Crippen MR) is 104 cm³/mol. The van der Waals surface area contributed by atoms with Crippen LogP contribution in [0.15, 0.2) is 21.7 Å². The van der Waals surface area contributed by atoms with Gasteiger partial charge in [0.1, 0.15) is 0 Å². The van der Waals surface area contributed by atoms with E-state index in [1.165, 1.54) is 6.26 Å². The molecular formula is C19H31N5O3. The van der Waals surface area contributed by atoms with Gasteiger partial charge in [-0.3, -0.25) is 14.6 Å². The van der Waals surface area contributed by atoms with Crippen molar-refractivity contribution in [2.45, 2.75) is 39.5 Å². The van der Waals surface area contributed by atoms with Gasteiger partial charge in [-0.25, -0.2) is 0 Å². The lowest BCUT2D eigenvalue weighted by molar-refractivity contribution is -0.119. The summed E-state index contributed by atoms with van der Waals surface area (Å²) < 4.78 is 5.18. The van der Waals surface area contributed by atoms with Crippen molar-refractivity contribution < 1.29 is 14.0 Å². The third-order valence-corrected chi connectivity index (χ3v) is 4.59. The number of amides is 2.